The lowest BCUT2D eigenvalue weighted by molar-refractivity contribution is -0.140. The summed E-state index contributed by atoms with van der Waals surface area (Å²) in [4.78, 5) is 23.0. The lowest BCUT2D eigenvalue weighted by Crippen LogP contribution is -2.46. The van der Waals surface area contributed by atoms with Gasteiger partial charge < -0.3 is 15.7 Å². The highest BCUT2D eigenvalue weighted by Crippen LogP contribution is 2.14. The molecule has 0 aromatic heterocycles. The zero-order chi connectivity index (χ0) is 15.3. The van der Waals surface area contributed by atoms with Gasteiger partial charge in [0.1, 0.15) is 6.04 Å². The highest BCUT2D eigenvalue weighted by Gasteiger charge is 2.25. The summed E-state index contributed by atoms with van der Waals surface area (Å²) in [5, 5.41) is 14.3. The Morgan fingerprint density at radius 3 is 2.40 bits per heavy atom. The summed E-state index contributed by atoms with van der Waals surface area (Å²) in [7, 11) is 0. The quantitative estimate of drug-likeness (QED) is 0.775. The van der Waals surface area contributed by atoms with Crippen LogP contribution in [0.15, 0.2) is 18.2 Å². The molecular formula is C15H22N2O3. The van der Waals surface area contributed by atoms with Gasteiger partial charge in [0.25, 0.3) is 0 Å². The number of aliphatic carboxylic acids is 1. The maximum atomic E-state index is 11.9. The molecule has 3 N–H and O–H groups in total. The first-order chi connectivity index (χ1) is 9.35. The molecule has 2 amide bonds. The molecule has 0 aliphatic heterocycles. The predicted molar refractivity (Wildman–Crippen MR) is 78.9 cm³/mol. The lowest BCUT2D eigenvalue weighted by Gasteiger charge is -2.20. The molecule has 0 aliphatic rings. The van der Waals surface area contributed by atoms with Crippen LogP contribution in [0.2, 0.25) is 0 Å². The van der Waals surface area contributed by atoms with Gasteiger partial charge in [-0.2, -0.15) is 0 Å². The van der Waals surface area contributed by atoms with Gasteiger partial charge in [-0.3, -0.25) is 0 Å². The molecule has 2 atom stereocenters. The van der Waals surface area contributed by atoms with Gasteiger partial charge in [-0.25, -0.2) is 9.59 Å². The van der Waals surface area contributed by atoms with Crippen molar-refractivity contribution < 1.29 is 14.7 Å². The van der Waals surface area contributed by atoms with Crippen molar-refractivity contribution in [1.82, 2.24) is 5.32 Å². The molecule has 0 saturated heterocycles. The van der Waals surface area contributed by atoms with Crippen LogP contribution in [-0.2, 0) is 4.79 Å². The van der Waals surface area contributed by atoms with Crippen molar-refractivity contribution in [3.8, 4) is 0 Å². The van der Waals surface area contributed by atoms with E-state index in [9.17, 15) is 9.59 Å². The molecule has 0 heterocycles. The minimum atomic E-state index is -1.02. The highest BCUT2D eigenvalue weighted by molar-refractivity contribution is 5.92. The zero-order valence-corrected chi connectivity index (χ0v) is 12.4. The smallest absolute Gasteiger partial charge is 0.326 e. The van der Waals surface area contributed by atoms with Crippen LogP contribution in [0.1, 0.15) is 31.4 Å². The number of carboxylic acid groups (broad SMARTS) is 1. The first-order valence-corrected chi connectivity index (χ1v) is 6.72. The fraction of sp³-hybridized carbons (Fsp3) is 0.467. The van der Waals surface area contributed by atoms with Crippen LogP contribution in [0, 0.1) is 19.8 Å². The molecule has 1 aromatic carbocycles. The SMILES string of the molecule is CC[C@H](C)[C@H](NC(=O)Nc1ccc(C)c(C)c1)C(=O)O. The van der Waals surface area contributed by atoms with E-state index in [1.165, 1.54) is 0 Å². The van der Waals surface area contributed by atoms with Crippen LogP contribution in [0.4, 0.5) is 10.5 Å². The Balaban J connectivity index is 2.70. The van der Waals surface area contributed by atoms with E-state index in [0.717, 1.165) is 11.1 Å². The van der Waals surface area contributed by atoms with Crippen LogP contribution in [0.3, 0.4) is 0 Å². The van der Waals surface area contributed by atoms with Crippen molar-refractivity contribution in [3.63, 3.8) is 0 Å². The molecule has 0 spiro atoms. The number of urea groups is 1. The second-order valence-corrected chi connectivity index (χ2v) is 5.10. The predicted octanol–water partition coefficient (Wildman–Crippen LogP) is 2.92. The van der Waals surface area contributed by atoms with E-state index in [1.54, 1.807) is 13.0 Å². The molecule has 0 aliphatic carbocycles. The minimum absolute atomic E-state index is 0.127. The Kier molecular flexibility index (Phi) is 5.55. The van der Waals surface area contributed by atoms with Gasteiger partial charge >= 0.3 is 12.0 Å². The highest BCUT2D eigenvalue weighted by atomic mass is 16.4. The molecule has 1 rings (SSSR count). The van der Waals surface area contributed by atoms with Gasteiger partial charge in [-0.1, -0.05) is 26.3 Å². The summed E-state index contributed by atoms with van der Waals surface area (Å²) < 4.78 is 0. The van der Waals surface area contributed by atoms with Crippen LogP contribution >= 0.6 is 0 Å². The number of rotatable bonds is 5. The summed E-state index contributed by atoms with van der Waals surface area (Å²) in [6, 6.07) is 4.18. The van der Waals surface area contributed by atoms with Crippen molar-refractivity contribution >= 4 is 17.7 Å². The number of aryl methyl sites for hydroxylation is 2. The molecule has 20 heavy (non-hydrogen) atoms. The molecule has 0 fully saturated rings. The molecule has 5 nitrogen and oxygen atoms in total. The number of hydrogen-bond acceptors (Lipinski definition) is 2. The monoisotopic (exact) mass is 278 g/mol. The Labute approximate surface area is 119 Å². The number of amides is 2. The number of carboxylic acids is 1. The Hall–Kier alpha value is -2.04. The summed E-state index contributed by atoms with van der Waals surface area (Å²) in [5.41, 5.74) is 2.86. The average molecular weight is 278 g/mol. The standard InChI is InChI=1S/C15H22N2O3/c1-5-9(2)13(14(18)19)17-15(20)16-12-7-6-10(3)11(4)8-12/h6-9,13H,5H2,1-4H3,(H,18,19)(H2,16,17,20)/t9-,13-/m0/s1. The fourth-order valence-corrected chi connectivity index (χ4v) is 1.81. The summed E-state index contributed by atoms with van der Waals surface area (Å²) in [5.74, 6) is -1.15. The number of anilines is 1. The van der Waals surface area contributed by atoms with Gasteiger partial charge in [-0.05, 0) is 43.0 Å². The van der Waals surface area contributed by atoms with Gasteiger partial charge in [-0.15, -0.1) is 0 Å². The van der Waals surface area contributed by atoms with E-state index in [4.69, 9.17) is 5.11 Å². The lowest BCUT2D eigenvalue weighted by atomic mass is 9.99. The van der Waals surface area contributed by atoms with E-state index in [0.29, 0.717) is 12.1 Å². The number of carbonyl (C=O) groups excluding carboxylic acids is 1. The normalized spacial score (nSPS) is 13.4. The first-order valence-electron chi connectivity index (χ1n) is 6.72. The van der Waals surface area contributed by atoms with E-state index < -0.39 is 18.0 Å². The summed E-state index contributed by atoms with van der Waals surface area (Å²) >= 11 is 0. The molecular weight excluding hydrogens is 256 g/mol. The van der Waals surface area contributed by atoms with Gasteiger partial charge in [0.2, 0.25) is 0 Å². The number of nitrogens with one attached hydrogen (secondary N) is 2. The average Bonchev–Trinajstić information content (AvgIpc) is 2.39. The van der Waals surface area contributed by atoms with Crippen LogP contribution < -0.4 is 10.6 Å². The van der Waals surface area contributed by atoms with Gasteiger partial charge in [0.15, 0.2) is 0 Å². The second-order valence-electron chi connectivity index (χ2n) is 5.10. The zero-order valence-electron chi connectivity index (χ0n) is 12.4. The van der Waals surface area contributed by atoms with Crippen molar-refractivity contribution in [3.05, 3.63) is 29.3 Å². The number of benzene rings is 1. The third kappa shape index (κ3) is 4.26. The molecule has 0 saturated carbocycles. The maximum absolute atomic E-state index is 11.9. The number of hydrogen-bond donors (Lipinski definition) is 3. The van der Waals surface area contributed by atoms with Crippen molar-refractivity contribution in [2.24, 2.45) is 5.92 Å². The molecule has 5 heteroatoms. The maximum Gasteiger partial charge on any atom is 0.326 e. The largest absolute Gasteiger partial charge is 0.480 e. The van der Waals surface area contributed by atoms with Crippen LogP contribution in [0.5, 0.6) is 0 Å². The summed E-state index contributed by atoms with van der Waals surface area (Å²) in [6.07, 6.45) is 0.681. The van der Waals surface area contributed by atoms with E-state index in [1.807, 2.05) is 32.9 Å². The number of carbonyl (C=O) groups is 2. The summed E-state index contributed by atoms with van der Waals surface area (Å²) in [6.45, 7) is 7.64. The Morgan fingerprint density at radius 2 is 1.90 bits per heavy atom. The molecule has 0 radical (unpaired) electrons. The Bertz CT molecular complexity index is 500. The molecule has 1 aromatic rings. The second kappa shape index (κ2) is 6.93. The van der Waals surface area contributed by atoms with Crippen molar-refractivity contribution in [1.29, 1.82) is 0 Å². The van der Waals surface area contributed by atoms with E-state index in [2.05, 4.69) is 10.6 Å². The van der Waals surface area contributed by atoms with Crippen LogP contribution in [-0.4, -0.2) is 23.1 Å². The van der Waals surface area contributed by atoms with Crippen molar-refractivity contribution in [2.45, 2.75) is 40.2 Å². The Morgan fingerprint density at radius 1 is 1.25 bits per heavy atom. The molecule has 0 bridgehead atoms. The molecule has 0 unspecified atom stereocenters. The first kappa shape index (κ1) is 16.0. The third-order valence-corrected chi connectivity index (χ3v) is 3.53. The minimum Gasteiger partial charge on any atom is -0.480 e. The van der Waals surface area contributed by atoms with Crippen molar-refractivity contribution in [2.75, 3.05) is 5.32 Å². The molecule has 110 valence electrons. The van der Waals surface area contributed by atoms with E-state index in [-0.39, 0.29) is 5.92 Å². The fourth-order valence-electron chi connectivity index (χ4n) is 1.81. The van der Waals surface area contributed by atoms with Gasteiger partial charge in [0.05, 0.1) is 0 Å². The van der Waals surface area contributed by atoms with E-state index >= 15 is 0 Å². The van der Waals surface area contributed by atoms with Gasteiger partial charge in [0, 0.05) is 5.69 Å². The topological polar surface area (TPSA) is 78.4 Å². The third-order valence-electron chi connectivity index (χ3n) is 3.53. The van der Waals surface area contributed by atoms with Crippen LogP contribution in [0.25, 0.3) is 0 Å².